The molecule has 0 aromatic carbocycles. The van der Waals surface area contributed by atoms with Crippen LogP contribution in [-0.2, 0) is 23.9 Å². The number of carbonyl (C=O) groups excluding carboxylic acids is 4. The van der Waals surface area contributed by atoms with Gasteiger partial charge in [-0.1, -0.05) is 31.9 Å². The fourth-order valence-electron chi connectivity index (χ4n) is 3.98. The Balaban J connectivity index is 2.06. The van der Waals surface area contributed by atoms with Crippen molar-refractivity contribution >= 4 is 23.7 Å². The van der Waals surface area contributed by atoms with Gasteiger partial charge in [0.2, 0.25) is 11.8 Å². The molecule has 0 unspecified atom stereocenters. The van der Waals surface area contributed by atoms with Crippen molar-refractivity contribution in [2.75, 3.05) is 19.7 Å². The van der Waals surface area contributed by atoms with Crippen LogP contribution in [0.3, 0.4) is 0 Å². The fraction of sp³-hybridized carbons (Fsp3) is 0.727. The van der Waals surface area contributed by atoms with E-state index in [1.165, 1.54) is 5.32 Å². The van der Waals surface area contributed by atoms with Crippen molar-refractivity contribution in [3.8, 4) is 0 Å². The molecule has 9 nitrogen and oxygen atoms in total. The second-order valence-electron chi connectivity index (χ2n) is 8.55. The number of halogens is 3. The third kappa shape index (κ3) is 6.94. The van der Waals surface area contributed by atoms with Gasteiger partial charge in [0.15, 0.2) is 0 Å². The number of likely N-dealkylation sites (tertiary alicyclic amines) is 1. The minimum atomic E-state index is -5.15. The van der Waals surface area contributed by atoms with Crippen molar-refractivity contribution in [2.24, 2.45) is 5.92 Å². The molecule has 0 bridgehead atoms. The first-order valence-corrected chi connectivity index (χ1v) is 11.4. The topological polar surface area (TPSA) is 125 Å². The molecule has 34 heavy (non-hydrogen) atoms. The summed E-state index contributed by atoms with van der Waals surface area (Å²) in [6, 6.07) is -1.20. The number of esters is 1. The zero-order valence-electron chi connectivity index (χ0n) is 19.3. The number of hydrogen-bond acceptors (Lipinski definition) is 6. The normalized spacial score (nSPS) is 26.4. The van der Waals surface area contributed by atoms with Crippen LogP contribution < -0.4 is 10.6 Å². The van der Waals surface area contributed by atoms with Crippen molar-refractivity contribution in [1.82, 2.24) is 15.5 Å². The number of nitrogens with one attached hydrogen (secondary N) is 2. The van der Waals surface area contributed by atoms with Gasteiger partial charge in [-0.05, 0) is 26.2 Å². The maximum atomic E-state index is 13.0. The lowest BCUT2D eigenvalue weighted by atomic mass is 10.1. The number of ether oxygens (including phenoxy) is 1. The van der Waals surface area contributed by atoms with Crippen LogP contribution in [0.25, 0.3) is 0 Å². The summed E-state index contributed by atoms with van der Waals surface area (Å²) in [6.07, 6.45) is 1.71. The van der Waals surface area contributed by atoms with E-state index >= 15 is 0 Å². The molecule has 2 rings (SSSR count). The largest absolute Gasteiger partial charge is 0.471 e. The second kappa shape index (κ2) is 11.7. The van der Waals surface area contributed by atoms with Crippen molar-refractivity contribution in [3.63, 3.8) is 0 Å². The lowest BCUT2D eigenvalue weighted by Gasteiger charge is -2.26. The third-order valence-electron chi connectivity index (χ3n) is 5.90. The van der Waals surface area contributed by atoms with Crippen molar-refractivity contribution in [3.05, 3.63) is 12.2 Å². The molecule has 3 amide bonds. The molecule has 0 radical (unpaired) electrons. The SMILES string of the molecule is CCCCC/C=C\[C@@H]1C[C@]1(NC(=O)[C@@H]1C[C@@H](O)CN1C(=O)CNC(=O)C(F)(F)F)C(=O)OCC. The molecule has 2 fully saturated rings. The summed E-state index contributed by atoms with van der Waals surface area (Å²) in [5.41, 5.74) is -1.29. The average molecular weight is 492 g/mol. The molecule has 4 atom stereocenters. The van der Waals surface area contributed by atoms with Crippen molar-refractivity contribution < 1.29 is 42.2 Å². The minimum Gasteiger partial charge on any atom is -0.464 e. The van der Waals surface area contributed by atoms with E-state index in [0.717, 1.165) is 30.6 Å². The van der Waals surface area contributed by atoms with Crippen LogP contribution in [0.1, 0.15) is 52.4 Å². The van der Waals surface area contributed by atoms with E-state index in [9.17, 15) is 37.5 Å². The average Bonchev–Trinajstić information content (AvgIpc) is 3.31. The number of hydrogen-bond donors (Lipinski definition) is 3. The molecule has 1 saturated carbocycles. The Kier molecular flexibility index (Phi) is 9.48. The minimum absolute atomic E-state index is 0.106. The maximum absolute atomic E-state index is 13.0. The summed E-state index contributed by atoms with van der Waals surface area (Å²) in [5, 5.41) is 14.1. The molecule has 2 aliphatic rings. The number of unbranched alkanes of at least 4 members (excludes halogenated alkanes) is 3. The molecule has 3 N–H and O–H groups in total. The predicted molar refractivity (Wildman–Crippen MR) is 114 cm³/mol. The molecule has 1 saturated heterocycles. The van der Waals surface area contributed by atoms with Gasteiger partial charge >= 0.3 is 18.1 Å². The Hall–Kier alpha value is -2.63. The summed E-state index contributed by atoms with van der Waals surface area (Å²) < 4.78 is 42.2. The first-order chi connectivity index (χ1) is 16.0. The molecule has 1 aliphatic heterocycles. The van der Waals surface area contributed by atoms with Gasteiger partial charge in [-0.2, -0.15) is 13.2 Å². The van der Waals surface area contributed by atoms with Gasteiger partial charge in [0.25, 0.3) is 0 Å². The highest BCUT2D eigenvalue weighted by molar-refractivity contribution is 5.96. The molecule has 0 aromatic rings. The van der Waals surface area contributed by atoms with E-state index < -0.39 is 54.1 Å². The first kappa shape index (κ1) is 27.6. The molecule has 0 aromatic heterocycles. The monoisotopic (exact) mass is 491 g/mol. The van der Waals surface area contributed by atoms with E-state index in [4.69, 9.17) is 4.74 Å². The molecule has 1 heterocycles. The summed E-state index contributed by atoms with van der Waals surface area (Å²) >= 11 is 0. The molecule has 1 aliphatic carbocycles. The van der Waals surface area contributed by atoms with E-state index in [1.807, 2.05) is 12.2 Å². The van der Waals surface area contributed by atoms with Crippen LogP contribution in [0.4, 0.5) is 13.2 Å². The number of rotatable bonds is 11. The van der Waals surface area contributed by atoms with Crippen molar-refractivity contribution in [1.29, 1.82) is 0 Å². The summed E-state index contributed by atoms with van der Waals surface area (Å²) in [6.45, 7) is 2.56. The Morgan fingerprint density at radius 2 is 1.91 bits per heavy atom. The first-order valence-electron chi connectivity index (χ1n) is 11.4. The standard InChI is InChI=1S/C22H32F3N3O6/c1-3-5-6-7-8-9-14-11-21(14,20(33)34-4-2)27-18(31)16-10-15(29)13-28(16)17(30)12-26-19(32)22(23,24)25/h8-9,14-16,29H,3-7,10-13H2,1-2H3,(H,26,32)(H,27,31)/b9-8-/t14-,15-,16+,21-/m1/s1. The van der Waals surface area contributed by atoms with Crippen molar-refractivity contribution in [2.45, 2.75) is 76.2 Å². The zero-order valence-corrected chi connectivity index (χ0v) is 19.3. The Bertz CT molecular complexity index is 803. The number of alkyl halides is 3. The van der Waals surface area contributed by atoms with Crippen LogP contribution >= 0.6 is 0 Å². The second-order valence-corrected chi connectivity index (χ2v) is 8.55. The van der Waals surface area contributed by atoms with E-state index in [0.29, 0.717) is 6.42 Å². The summed E-state index contributed by atoms with van der Waals surface area (Å²) in [7, 11) is 0. The van der Waals surface area contributed by atoms with Gasteiger partial charge in [0, 0.05) is 18.9 Å². The highest BCUT2D eigenvalue weighted by Gasteiger charge is 2.62. The third-order valence-corrected chi connectivity index (χ3v) is 5.90. The summed E-state index contributed by atoms with van der Waals surface area (Å²) in [5.74, 6) is -4.86. The van der Waals surface area contributed by atoms with E-state index in [1.54, 1.807) is 6.92 Å². The lowest BCUT2D eigenvalue weighted by molar-refractivity contribution is -0.174. The van der Waals surface area contributed by atoms with Crippen LogP contribution in [0.5, 0.6) is 0 Å². The van der Waals surface area contributed by atoms with Crippen LogP contribution in [-0.4, -0.2) is 77.3 Å². The van der Waals surface area contributed by atoms with Crippen LogP contribution in [0, 0.1) is 5.92 Å². The highest BCUT2D eigenvalue weighted by Crippen LogP contribution is 2.46. The number of amides is 3. The van der Waals surface area contributed by atoms with Gasteiger partial charge < -0.3 is 25.4 Å². The predicted octanol–water partition coefficient (Wildman–Crippen LogP) is 1.20. The Labute approximate surface area is 196 Å². The lowest BCUT2D eigenvalue weighted by Crippen LogP contribution is -2.54. The Morgan fingerprint density at radius 3 is 2.53 bits per heavy atom. The quantitative estimate of drug-likeness (QED) is 0.227. The Morgan fingerprint density at radius 1 is 1.21 bits per heavy atom. The number of aliphatic hydroxyl groups excluding tert-OH is 1. The molecular formula is C22H32F3N3O6. The van der Waals surface area contributed by atoms with Gasteiger partial charge in [-0.25, -0.2) is 4.79 Å². The number of nitrogens with zero attached hydrogens (tertiary/aromatic N) is 1. The molecule has 12 heteroatoms. The smallest absolute Gasteiger partial charge is 0.464 e. The van der Waals surface area contributed by atoms with Crippen LogP contribution in [0.15, 0.2) is 12.2 Å². The number of β-amino-alcohol motifs (C(OH)–C–C–N with tert-alkyl or cyclic N) is 1. The van der Waals surface area contributed by atoms with Crippen LogP contribution in [0.2, 0.25) is 0 Å². The number of carbonyl (C=O) groups is 4. The van der Waals surface area contributed by atoms with E-state index in [-0.39, 0.29) is 25.5 Å². The molecular weight excluding hydrogens is 459 g/mol. The van der Waals surface area contributed by atoms with Gasteiger partial charge in [-0.15, -0.1) is 0 Å². The number of allylic oxidation sites excluding steroid dienone is 1. The van der Waals surface area contributed by atoms with Gasteiger partial charge in [0.1, 0.15) is 11.6 Å². The van der Waals surface area contributed by atoms with Gasteiger partial charge in [-0.3, -0.25) is 14.4 Å². The summed E-state index contributed by atoms with van der Waals surface area (Å²) in [4.78, 5) is 49.9. The maximum Gasteiger partial charge on any atom is 0.471 e. The highest BCUT2D eigenvalue weighted by atomic mass is 19.4. The molecule has 0 spiro atoms. The fourth-order valence-corrected chi connectivity index (χ4v) is 3.98. The zero-order chi connectivity index (χ0) is 25.5. The van der Waals surface area contributed by atoms with Gasteiger partial charge in [0.05, 0.1) is 19.3 Å². The van der Waals surface area contributed by atoms with E-state index in [2.05, 4.69) is 12.2 Å². The number of aliphatic hydroxyl groups is 1. The molecule has 192 valence electrons.